The molecule has 2 aromatic carbocycles. The molecule has 1 saturated heterocycles. The van der Waals surface area contributed by atoms with Gasteiger partial charge < -0.3 is 29.7 Å². The van der Waals surface area contributed by atoms with Crippen LogP contribution in [-0.4, -0.2) is 86.5 Å². The van der Waals surface area contributed by atoms with E-state index >= 15 is 0 Å². The molecule has 3 aromatic rings. The van der Waals surface area contributed by atoms with Gasteiger partial charge in [-0.15, -0.1) is 5.10 Å². The highest BCUT2D eigenvalue weighted by atomic mass is 79.9. The summed E-state index contributed by atoms with van der Waals surface area (Å²) in [5.41, 5.74) is 0.789. The number of ether oxygens (including phenoxy) is 2. The minimum Gasteiger partial charge on any atom is -0.394 e. The lowest BCUT2D eigenvalue weighted by Crippen LogP contribution is -2.63. The zero-order valence-corrected chi connectivity index (χ0v) is 23.8. The molecule has 1 aromatic heterocycles. The van der Waals surface area contributed by atoms with Crippen LogP contribution in [-0.2, 0) is 14.3 Å². The van der Waals surface area contributed by atoms with Crippen molar-refractivity contribution in [3.63, 3.8) is 0 Å². The highest BCUT2D eigenvalue weighted by molar-refractivity contribution is 9.10. The Balaban J connectivity index is 1.53. The Labute approximate surface area is 243 Å². The van der Waals surface area contributed by atoms with Crippen LogP contribution in [0.1, 0.15) is 31.7 Å². The van der Waals surface area contributed by atoms with Crippen LogP contribution in [0.4, 0.5) is 14.5 Å². The molecule has 2 fully saturated rings. The van der Waals surface area contributed by atoms with E-state index in [0.717, 1.165) is 35.5 Å². The first-order chi connectivity index (χ1) is 19.7. The van der Waals surface area contributed by atoms with Crippen molar-refractivity contribution in [3.8, 4) is 11.3 Å². The smallest absolute Gasteiger partial charge is 0.259 e. The predicted molar refractivity (Wildman–Crippen MR) is 147 cm³/mol. The Morgan fingerprint density at radius 3 is 2.56 bits per heavy atom. The summed E-state index contributed by atoms with van der Waals surface area (Å²) in [5.74, 6) is -2.11. The van der Waals surface area contributed by atoms with Crippen molar-refractivity contribution in [2.24, 2.45) is 0 Å². The number of aromatic nitrogens is 3. The Hall–Kier alpha value is -2.81. The van der Waals surface area contributed by atoms with Gasteiger partial charge in [0.25, 0.3) is 5.91 Å². The molecule has 3 N–H and O–H groups in total. The average Bonchev–Trinajstić information content (AvgIpc) is 3.43. The molecule has 0 spiro atoms. The van der Waals surface area contributed by atoms with E-state index < -0.39 is 66.8 Å². The SMILES string of the molecule is CO[C@@H]1[C@@H](n2cc(-c3cc(F)cc(F)c3)nn2)[C@@H](O)[C@@H](CO)O[C@H]1C(=O)N(c1cccc(Br)c1)[C@H]1CCCC[C@@H]1O. The predicted octanol–water partition coefficient (Wildman–Crippen LogP) is 3.00. The number of anilines is 1. The molecule has 0 unspecified atom stereocenters. The van der Waals surface area contributed by atoms with Gasteiger partial charge in [0.2, 0.25) is 0 Å². The van der Waals surface area contributed by atoms with Crippen molar-refractivity contribution >= 4 is 27.5 Å². The monoisotopic (exact) mass is 636 g/mol. The number of hydrogen-bond acceptors (Lipinski definition) is 8. The van der Waals surface area contributed by atoms with Gasteiger partial charge in [-0.2, -0.15) is 0 Å². The van der Waals surface area contributed by atoms with Crippen LogP contribution >= 0.6 is 15.9 Å². The third kappa shape index (κ3) is 6.06. The highest BCUT2D eigenvalue weighted by Gasteiger charge is 2.52. The van der Waals surface area contributed by atoms with Gasteiger partial charge in [-0.1, -0.05) is 40.1 Å². The number of benzene rings is 2. The van der Waals surface area contributed by atoms with Crippen LogP contribution in [0.15, 0.2) is 53.1 Å². The maximum atomic E-state index is 14.4. The van der Waals surface area contributed by atoms with Gasteiger partial charge in [0.1, 0.15) is 41.7 Å². The van der Waals surface area contributed by atoms with Gasteiger partial charge in [0.15, 0.2) is 6.10 Å². The molecule has 10 nitrogen and oxygen atoms in total. The molecule has 5 rings (SSSR count). The number of amides is 1. The van der Waals surface area contributed by atoms with Crippen molar-refractivity contribution in [3.05, 3.63) is 64.8 Å². The quantitative estimate of drug-likeness (QED) is 0.361. The second-order valence-corrected chi connectivity index (χ2v) is 11.2. The molecule has 41 heavy (non-hydrogen) atoms. The number of rotatable bonds is 7. The number of hydrogen-bond donors (Lipinski definition) is 3. The zero-order valence-electron chi connectivity index (χ0n) is 22.2. The summed E-state index contributed by atoms with van der Waals surface area (Å²) in [6, 6.07) is 8.44. The molecule has 2 aliphatic rings. The van der Waals surface area contributed by atoms with Crippen molar-refractivity contribution < 1.29 is 38.4 Å². The molecule has 0 bridgehead atoms. The van der Waals surface area contributed by atoms with Crippen molar-refractivity contribution in [1.82, 2.24) is 15.0 Å². The maximum Gasteiger partial charge on any atom is 0.259 e. The number of carbonyl (C=O) groups is 1. The molecule has 1 saturated carbocycles. The Morgan fingerprint density at radius 1 is 1.17 bits per heavy atom. The molecule has 1 amide bonds. The van der Waals surface area contributed by atoms with Gasteiger partial charge in [0.05, 0.1) is 24.9 Å². The molecular weight excluding hydrogens is 606 g/mol. The first kappa shape index (κ1) is 29.7. The largest absolute Gasteiger partial charge is 0.394 e. The normalized spacial score (nSPS) is 28.4. The van der Waals surface area contributed by atoms with Crippen LogP contribution in [0.5, 0.6) is 0 Å². The lowest BCUT2D eigenvalue weighted by atomic mass is 9.88. The molecule has 0 radical (unpaired) electrons. The van der Waals surface area contributed by atoms with E-state index in [0.29, 0.717) is 18.5 Å². The van der Waals surface area contributed by atoms with Crippen molar-refractivity contribution in [2.75, 3.05) is 18.6 Å². The number of aliphatic hydroxyl groups is 3. The molecule has 1 aliphatic heterocycles. The van der Waals surface area contributed by atoms with E-state index in [1.807, 2.05) is 6.07 Å². The summed E-state index contributed by atoms with van der Waals surface area (Å²) in [6.45, 7) is -0.614. The van der Waals surface area contributed by atoms with E-state index in [9.17, 15) is 28.9 Å². The highest BCUT2D eigenvalue weighted by Crippen LogP contribution is 2.37. The Bertz CT molecular complexity index is 1360. The fourth-order valence-corrected chi connectivity index (χ4v) is 6.14. The van der Waals surface area contributed by atoms with Gasteiger partial charge >= 0.3 is 0 Å². The van der Waals surface area contributed by atoms with Gasteiger partial charge in [-0.05, 0) is 43.2 Å². The standard InChI is InChI=1S/C28H31BrF2N4O6/c1-40-26-24(34-13-20(32-33-34)15-9-17(30)12-18(31)10-15)25(38)23(14-36)41-27(26)28(39)35(19-6-4-5-16(29)11-19)21-7-2-3-8-22(21)37/h4-6,9-13,21-27,36-38H,2-3,7-8,14H2,1H3/t21-,22-,23+,24-,25-,26+,27+/m0/s1. The van der Waals surface area contributed by atoms with E-state index in [1.165, 1.54) is 22.9 Å². The second kappa shape index (κ2) is 12.6. The molecule has 2 heterocycles. The molecule has 7 atom stereocenters. The lowest BCUT2D eigenvalue weighted by molar-refractivity contribution is -0.211. The number of methoxy groups -OCH3 is 1. The second-order valence-electron chi connectivity index (χ2n) is 10.3. The average molecular weight is 637 g/mol. The summed E-state index contributed by atoms with van der Waals surface area (Å²) in [6.07, 6.45) is -1.64. The van der Waals surface area contributed by atoms with Gasteiger partial charge in [0, 0.05) is 28.9 Å². The van der Waals surface area contributed by atoms with Crippen LogP contribution in [0.25, 0.3) is 11.3 Å². The van der Waals surface area contributed by atoms with Crippen LogP contribution in [0.2, 0.25) is 0 Å². The fourth-order valence-electron chi connectivity index (χ4n) is 5.75. The number of nitrogens with zero attached hydrogens (tertiary/aromatic N) is 4. The maximum absolute atomic E-state index is 14.4. The first-order valence-electron chi connectivity index (χ1n) is 13.3. The third-order valence-electron chi connectivity index (χ3n) is 7.71. The van der Waals surface area contributed by atoms with Crippen LogP contribution in [0.3, 0.4) is 0 Å². The Morgan fingerprint density at radius 2 is 1.90 bits per heavy atom. The molecule has 1 aliphatic carbocycles. The number of carbonyl (C=O) groups excluding carboxylic acids is 1. The summed E-state index contributed by atoms with van der Waals surface area (Å²) >= 11 is 3.45. The summed E-state index contributed by atoms with van der Waals surface area (Å²) in [5, 5.41) is 40.3. The first-order valence-corrected chi connectivity index (χ1v) is 14.1. The summed E-state index contributed by atoms with van der Waals surface area (Å²) < 4.78 is 41.4. The summed E-state index contributed by atoms with van der Waals surface area (Å²) in [7, 11) is 1.35. The fraction of sp³-hybridized carbons (Fsp3) is 0.464. The Kier molecular flexibility index (Phi) is 9.12. The van der Waals surface area contributed by atoms with Crippen LogP contribution in [0, 0.1) is 11.6 Å². The van der Waals surface area contributed by atoms with E-state index in [4.69, 9.17) is 9.47 Å². The van der Waals surface area contributed by atoms with Gasteiger partial charge in [-0.25, -0.2) is 13.5 Å². The molecule has 13 heteroatoms. The van der Waals surface area contributed by atoms with E-state index in [2.05, 4.69) is 26.2 Å². The third-order valence-corrected chi connectivity index (χ3v) is 8.20. The van der Waals surface area contributed by atoms with E-state index in [1.54, 1.807) is 18.2 Å². The summed E-state index contributed by atoms with van der Waals surface area (Å²) in [4.78, 5) is 15.9. The topological polar surface area (TPSA) is 130 Å². The number of halogens is 3. The molecule has 220 valence electrons. The van der Waals surface area contributed by atoms with Crippen molar-refractivity contribution in [1.29, 1.82) is 0 Å². The lowest BCUT2D eigenvalue weighted by Gasteiger charge is -2.46. The van der Waals surface area contributed by atoms with Crippen LogP contribution < -0.4 is 4.90 Å². The minimum atomic E-state index is -1.38. The molecular formula is C28H31BrF2N4O6. The minimum absolute atomic E-state index is 0.126. The van der Waals surface area contributed by atoms with Crippen molar-refractivity contribution in [2.45, 2.75) is 68.3 Å². The van der Waals surface area contributed by atoms with Gasteiger partial charge in [-0.3, -0.25) is 4.79 Å². The number of aliphatic hydroxyl groups excluding tert-OH is 3. The zero-order chi connectivity index (χ0) is 29.3. The van der Waals surface area contributed by atoms with E-state index in [-0.39, 0.29) is 11.3 Å².